The van der Waals surface area contributed by atoms with Crippen LogP contribution in [0, 0.1) is 17.0 Å². The quantitative estimate of drug-likeness (QED) is 0.508. The zero-order chi connectivity index (χ0) is 19.3. The fourth-order valence-electron chi connectivity index (χ4n) is 3.33. The summed E-state index contributed by atoms with van der Waals surface area (Å²) in [6.45, 7) is 4.59. The van der Waals surface area contributed by atoms with Crippen molar-refractivity contribution in [3.05, 3.63) is 68.7 Å². The average Bonchev–Trinajstić information content (AvgIpc) is 2.75. The predicted molar refractivity (Wildman–Crippen MR) is 97.5 cm³/mol. The van der Waals surface area contributed by atoms with Crippen molar-refractivity contribution in [2.45, 2.75) is 31.8 Å². The van der Waals surface area contributed by atoms with Gasteiger partial charge in [-0.15, -0.1) is 0 Å². The zero-order valence-corrected chi connectivity index (χ0v) is 15.3. The molecule has 26 heavy (non-hydrogen) atoms. The molecule has 1 heterocycles. The molecule has 0 saturated carbocycles. The minimum Gasteiger partial charge on any atom is -0.337 e. The Labute approximate surface area is 155 Å². The van der Waals surface area contributed by atoms with Crippen molar-refractivity contribution in [3.8, 4) is 11.1 Å². The molecule has 0 spiro atoms. The number of Topliss-reactive ketones (excluding diaryl/α,β-unsaturated/α-hetero) is 1. The van der Waals surface area contributed by atoms with Crippen LogP contribution >= 0.6 is 11.6 Å². The molecular formula is C19H17ClN2O4. The Bertz CT molecular complexity index is 937. The number of amides is 1. The summed E-state index contributed by atoms with van der Waals surface area (Å²) in [5.74, 6) is -1.68. The van der Waals surface area contributed by atoms with Crippen molar-refractivity contribution < 1.29 is 14.5 Å². The van der Waals surface area contributed by atoms with Gasteiger partial charge in [0.15, 0.2) is 0 Å². The Kier molecular flexibility index (Phi) is 4.11. The number of rotatable bonds is 3. The maximum absolute atomic E-state index is 12.9. The molecule has 134 valence electrons. The average molecular weight is 373 g/mol. The number of nitrogens with one attached hydrogen (secondary N) is 1. The highest BCUT2D eigenvalue weighted by Gasteiger charge is 2.70. The van der Waals surface area contributed by atoms with E-state index in [0.29, 0.717) is 16.1 Å². The van der Waals surface area contributed by atoms with Gasteiger partial charge in [0.2, 0.25) is 5.78 Å². The number of nitro groups is 1. The molecule has 1 aliphatic heterocycles. The molecule has 0 aromatic heterocycles. The second kappa shape index (κ2) is 5.92. The van der Waals surface area contributed by atoms with E-state index in [1.165, 1.54) is 13.8 Å². The first kappa shape index (κ1) is 18.1. The number of hydrogen-bond acceptors (Lipinski definition) is 4. The first-order valence-corrected chi connectivity index (χ1v) is 8.37. The lowest BCUT2D eigenvalue weighted by Crippen LogP contribution is -2.49. The predicted octanol–water partition coefficient (Wildman–Crippen LogP) is 3.26. The van der Waals surface area contributed by atoms with E-state index in [9.17, 15) is 19.7 Å². The van der Waals surface area contributed by atoms with Gasteiger partial charge in [-0.05, 0) is 55.7 Å². The van der Waals surface area contributed by atoms with Crippen LogP contribution in [-0.2, 0) is 15.1 Å². The van der Waals surface area contributed by atoms with E-state index >= 15 is 0 Å². The molecule has 1 aliphatic rings. The van der Waals surface area contributed by atoms with Crippen molar-refractivity contribution in [2.75, 3.05) is 0 Å². The topological polar surface area (TPSA) is 89.3 Å². The summed E-state index contributed by atoms with van der Waals surface area (Å²) in [6.07, 6.45) is 0. The summed E-state index contributed by atoms with van der Waals surface area (Å²) in [5, 5.41) is 15.0. The Balaban J connectivity index is 2.25. The number of carbonyl (C=O) groups excluding carboxylic acids is 2. The van der Waals surface area contributed by atoms with Gasteiger partial charge in [0, 0.05) is 9.95 Å². The summed E-state index contributed by atoms with van der Waals surface area (Å²) in [6, 6.07) is 12.0. The van der Waals surface area contributed by atoms with Gasteiger partial charge in [0.05, 0.1) is 5.56 Å². The van der Waals surface area contributed by atoms with E-state index in [1.807, 2.05) is 0 Å². The van der Waals surface area contributed by atoms with Crippen molar-refractivity contribution >= 4 is 23.3 Å². The molecule has 0 radical (unpaired) electrons. The van der Waals surface area contributed by atoms with Crippen LogP contribution in [0.3, 0.4) is 0 Å². The van der Waals surface area contributed by atoms with Crippen LogP contribution in [0.25, 0.3) is 11.1 Å². The van der Waals surface area contributed by atoms with Crippen LogP contribution in [0.1, 0.15) is 25.0 Å². The Hall–Kier alpha value is -2.73. The molecule has 1 unspecified atom stereocenters. The second-order valence-electron chi connectivity index (χ2n) is 6.91. The summed E-state index contributed by atoms with van der Waals surface area (Å²) in [4.78, 5) is 36.7. The van der Waals surface area contributed by atoms with Gasteiger partial charge in [-0.25, -0.2) is 0 Å². The largest absolute Gasteiger partial charge is 0.383 e. The molecule has 0 aliphatic carbocycles. The fraction of sp³-hybridized carbons (Fsp3) is 0.263. The molecule has 7 heteroatoms. The minimum absolute atomic E-state index is 0.0861. The van der Waals surface area contributed by atoms with E-state index in [-0.39, 0.29) is 5.56 Å². The van der Waals surface area contributed by atoms with Crippen LogP contribution in [-0.4, -0.2) is 22.2 Å². The van der Waals surface area contributed by atoms with Gasteiger partial charge in [-0.3, -0.25) is 19.7 Å². The van der Waals surface area contributed by atoms with Gasteiger partial charge < -0.3 is 5.32 Å². The first-order chi connectivity index (χ1) is 12.1. The molecule has 1 atom stereocenters. The number of carbonyl (C=O) groups is 2. The molecule has 1 amide bonds. The molecular weight excluding hydrogens is 356 g/mol. The van der Waals surface area contributed by atoms with Crippen molar-refractivity contribution in [1.82, 2.24) is 5.32 Å². The standard InChI is InChI=1S/C19H17ClN2O4/c1-11-4-5-13(12-6-8-14(20)9-7-12)10-15(11)19(22(25)26)16(23)18(2,3)21-17(19)24/h4-10H,1-3H3,(H,21,24). The molecule has 1 fully saturated rings. The Morgan fingerprint density at radius 3 is 2.12 bits per heavy atom. The third-order valence-electron chi connectivity index (χ3n) is 4.73. The zero-order valence-electron chi connectivity index (χ0n) is 14.5. The molecule has 2 aromatic carbocycles. The van der Waals surface area contributed by atoms with Gasteiger partial charge in [0.25, 0.3) is 0 Å². The van der Waals surface area contributed by atoms with Crippen LogP contribution in [0.5, 0.6) is 0 Å². The van der Waals surface area contributed by atoms with Crippen LogP contribution < -0.4 is 5.32 Å². The van der Waals surface area contributed by atoms with Crippen molar-refractivity contribution in [2.24, 2.45) is 0 Å². The molecule has 6 nitrogen and oxygen atoms in total. The van der Waals surface area contributed by atoms with Gasteiger partial charge >= 0.3 is 11.4 Å². The number of ketones is 1. The maximum Gasteiger partial charge on any atom is 0.383 e. The lowest BCUT2D eigenvalue weighted by molar-refractivity contribution is -0.542. The lowest BCUT2D eigenvalue weighted by atomic mass is 9.79. The van der Waals surface area contributed by atoms with Crippen LogP contribution in [0.4, 0.5) is 0 Å². The number of nitrogens with zero attached hydrogens (tertiary/aromatic N) is 1. The van der Waals surface area contributed by atoms with Crippen LogP contribution in [0.2, 0.25) is 5.02 Å². The number of benzene rings is 2. The van der Waals surface area contributed by atoms with Gasteiger partial charge in [-0.2, -0.15) is 0 Å². The highest BCUT2D eigenvalue weighted by molar-refractivity contribution is 6.30. The van der Waals surface area contributed by atoms with E-state index in [1.54, 1.807) is 49.4 Å². The fourth-order valence-corrected chi connectivity index (χ4v) is 3.45. The monoisotopic (exact) mass is 372 g/mol. The summed E-state index contributed by atoms with van der Waals surface area (Å²) < 4.78 is 0. The molecule has 0 bridgehead atoms. The molecule has 2 aromatic rings. The normalized spacial score (nSPS) is 21.5. The van der Waals surface area contributed by atoms with Crippen molar-refractivity contribution in [1.29, 1.82) is 0 Å². The molecule has 1 N–H and O–H groups in total. The summed E-state index contributed by atoms with van der Waals surface area (Å²) >= 11 is 5.91. The minimum atomic E-state index is -2.45. The summed E-state index contributed by atoms with van der Waals surface area (Å²) in [5.41, 5.74) is -1.74. The summed E-state index contributed by atoms with van der Waals surface area (Å²) in [7, 11) is 0. The van der Waals surface area contributed by atoms with E-state index in [2.05, 4.69) is 5.32 Å². The Morgan fingerprint density at radius 1 is 1.04 bits per heavy atom. The van der Waals surface area contributed by atoms with E-state index in [4.69, 9.17) is 11.6 Å². The first-order valence-electron chi connectivity index (χ1n) is 8.00. The second-order valence-corrected chi connectivity index (χ2v) is 7.35. The SMILES string of the molecule is Cc1ccc(-c2ccc(Cl)cc2)cc1C1([N+](=O)[O-])C(=O)NC(C)(C)C1=O. The number of halogens is 1. The maximum atomic E-state index is 12.9. The highest BCUT2D eigenvalue weighted by Crippen LogP contribution is 2.39. The van der Waals surface area contributed by atoms with Crippen molar-refractivity contribution in [3.63, 3.8) is 0 Å². The lowest BCUT2D eigenvalue weighted by Gasteiger charge is -2.21. The molecule has 3 rings (SSSR count). The third-order valence-corrected chi connectivity index (χ3v) is 4.98. The van der Waals surface area contributed by atoms with Gasteiger partial charge in [-0.1, -0.05) is 35.9 Å². The Morgan fingerprint density at radius 2 is 1.62 bits per heavy atom. The third kappa shape index (κ3) is 2.49. The highest BCUT2D eigenvalue weighted by atomic mass is 35.5. The van der Waals surface area contributed by atoms with Crippen LogP contribution in [0.15, 0.2) is 42.5 Å². The number of hydrogen-bond donors (Lipinski definition) is 1. The smallest absolute Gasteiger partial charge is 0.337 e. The van der Waals surface area contributed by atoms with E-state index in [0.717, 1.165) is 5.56 Å². The van der Waals surface area contributed by atoms with E-state index < -0.39 is 27.7 Å². The number of aryl methyl sites for hydroxylation is 1. The van der Waals surface area contributed by atoms with Gasteiger partial charge in [0.1, 0.15) is 5.54 Å². The molecule has 1 saturated heterocycles.